The first-order chi connectivity index (χ1) is 12.3. The van der Waals surface area contributed by atoms with E-state index >= 15 is 0 Å². The summed E-state index contributed by atoms with van der Waals surface area (Å²) in [6.07, 6.45) is 2.92. The lowest BCUT2D eigenvalue weighted by Gasteiger charge is -2.14. The third kappa shape index (κ3) is 3.49. The zero-order valence-corrected chi connectivity index (χ0v) is 14.7. The Balaban J connectivity index is 1.94. The van der Waals surface area contributed by atoms with Gasteiger partial charge in [-0.25, -0.2) is 9.37 Å². The van der Waals surface area contributed by atoms with E-state index in [1.807, 2.05) is 27.0 Å². The number of carbonyl (C=O) groups excluding carboxylic acids is 1. The highest BCUT2D eigenvalue weighted by molar-refractivity contribution is 6.00. The van der Waals surface area contributed by atoms with Gasteiger partial charge in [0.2, 0.25) is 0 Å². The van der Waals surface area contributed by atoms with E-state index in [2.05, 4.69) is 20.7 Å². The van der Waals surface area contributed by atoms with Gasteiger partial charge in [-0.05, 0) is 25.5 Å². The van der Waals surface area contributed by atoms with Crippen molar-refractivity contribution in [3.63, 3.8) is 0 Å². The van der Waals surface area contributed by atoms with Crippen molar-refractivity contribution in [1.29, 1.82) is 0 Å². The number of anilines is 4. The number of amides is 1. The minimum Gasteiger partial charge on any atom is -0.366 e. The number of rotatable bonds is 5. The SMILES string of the molecule is Cc1cccc(C(N)=O)c1Nc1cc(Nc2cn(C)nc2C)ncc1F. The number of halogens is 1. The normalized spacial score (nSPS) is 10.6. The van der Waals surface area contributed by atoms with Crippen LogP contribution in [0.4, 0.5) is 27.3 Å². The average molecular weight is 354 g/mol. The van der Waals surface area contributed by atoms with Gasteiger partial charge in [-0.3, -0.25) is 9.48 Å². The lowest BCUT2D eigenvalue weighted by Crippen LogP contribution is -2.14. The molecule has 0 spiro atoms. The lowest BCUT2D eigenvalue weighted by molar-refractivity contribution is 0.100. The third-order valence-electron chi connectivity index (χ3n) is 3.93. The van der Waals surface area contributed by atoms with Crippen LogP contribution in [0.1, 0.15) is 21.6 Å². The maximum atomic E-state index is 14.3. The fourth-order valence-electron chi connectivity index (χ4n) is 2.64. The van der Waals surface area contributed by atoms with Gasteiger partial charge in [0.05, 0.1) is 34.5 Å². The number of benzene rings is 1. The van der Waals surface area contributed by atoms with Crippen molar-refractivity contribution in [3.8, 4) is 0 Å². The van der Waals surface area contributed by atoms with Crippen LogP contribution in [0.3, 0.4) is 0 Å². The van der Waals surface area contributed by atoms with Gasteiger partial charge in [0.1, 0.15) is 5.82 Å². The Morgan fingerprint density at radius 3 is 2.65 bits per heavy atom. The molecule has 1 amide bonds. The van der Waals surface area contributed by atoms with Crippen LogP contribution in [0.5, 0.6) is 0 Å². The predicted molar refractivity (Wildman–Crippen MR) is 98.4 cm³/mol. The molecule has 2 aromatic heterocycles. The molecule has 0 bridgehead atoms. The first-order valence-electron chi connectivity index (χ1n) is 7.94. The molecule has 0 fully saturated rings. The largest absolute Gasteiger partial charge is 0.366 e. The second kappa shape index (κ2) is 6.83. The Labute approximate surface area is 150 Å². The highest BCUT2D eigenvalue weighted by Crippen LogP contribution is 2.28. The first-order valence-corrected chi connectivity index (χ1v) is 7.94. The highest BCUT2D eigenvalue weighted by atomic mass is 19.1. The third-order valence-corrected chi connectivity index (χ3v) is 3.93. The summed E-state index contributed by atoms with van der Waals surface area (Å²) in [4.78, 5) is 15.7. The van der Waals surface area contributed by atoms with Crippen molar-refractivity contribution in [2.75, 3.05) is 10.6 Å². The Hall–Kier alpha value is -3.42. The van der Waals surface area contributed by atoms with Crippen LogP contribution in [0, 0.1) is 19.7 Å². The van der Waals surface area contributed by atoms with Crippen LogP contribution in [0.15, 0.2) is 36.7 Å². The van der Waals surface area contributed by atoms with E-state index in [1.54, 1.807) is 23.0 Å². The van der Waals surface area contributed by atoms with Gasteiger partial charge in [-0.2, -0.15) is 5.10 Å². The number of hydrogen-bond donors (Lipinski definition) is 3. The molecule has 0 saturated heterocycles. The zero-order valence-electron chi connectivity index (χ0n) is 14.7. The first kappa shape index (κ1) is 17.4. The molecule has 134 valence electrons. The summed E-state index contributed by atoms with van der Waals surface area (Å²) in [5.74, 6) is -0.689. The van der Waals surface area contributed by atoms with E-state index < -0.39 is 11.7 Å². The predicted octanol–water partition coefficient (Wildman–Crippen LogP) is 3.16. The van der Waals surface area contributed by atoms with Gasteiger partial charge >= 0.3 is 0 Å². The van der Waals surface area contributed by atoms with Crippen LogP contribution >= 0.6 is 0 Å². The Bertz CT molecular complexity index is 982. The van der Waals surface area contributed by atoms with E-state index in [0.717, 1.165) is 23.1 Å². The fraction of sp³-hybridized carbons (Fsp3) is 0.167. The molecule has 0 aliphatic rings. The smallest absolute Gasteiger partial charge is 0.250 e. The number of aryl methyl sites for hydroxylation is 3. The molecule has 1 aromatic carbocycles. The molecule has 2 heterocycles. The molecule has 3 aromatic rings. The second-order valence-electron chi connectivity index (χ2n) is 5.96. The molecule has 0 aliphatic carbocycles. The summed E-state index contributed by atoms with van der Waals surface area (Å²) in [6, 6.07) is 6.65. The summed E-state index contributed by atoms with van der Waals surface area (Å²) in [7, 11) is 1.81. The van der Waals surface area contributed by atoms with Crippen molar-refractivity contribution in [2.24, 2.45) is 12.8 Å². The topological polar surface area (TPSA) is 97.9 Å². The number of nitrogens with one attached hydrogen (secondary N) is 2. The molecule has 26 heavy (non-hydrogen) atoms. The van der Waals surface area contributed by atoms with Crippen molar-refractivity contribution in [2.45, 2.75) is 13.8 Å². The maximum Gasteiger partial charge on any atom is 0.250 e. The molecule has 0 saturated carbocycles. The van der Waals surface area contributed by atoms with Crippen LogP contribution in [-0.2, 0) is 7.05 Å². The van der Waals surface area contributed by atoms with E-state index in [0.29, 0.717) is 17.1 Å². The summed E-state index contributed by atoms with van der Waals surface area (Å²) in [5, 5.41) is 10.3. The molecule has 8 heteroatoms. The molecule has 3 rings (SSSR count). The van der Waals surface area contributed by atoms with E-state index in [4.69, 9.17) is 5.73 Å². The fourth-order valence-corrected chi connectivity index (χ4v) is 2.64. The van der Waals surface area contributed by atoms with Gasteiger partial charge in [0.25, 0.3) is 5.91 Å². The number of nitrogens with two attached hydrogens (primary N) is 1. The second-order valence-corrected chi connectivity index (χ2v) is 5.96. The van der Waals surface area contributed by atoms with Crippen molar-refractivity contribution in [3.05, 3.63) is 59.3 Å². The summed E-state index contributed by atoms with van der Waals surface area (Å²) in [6.45, 7) is 3.67. The standard InChI is InChI=1S/C18H19FN6O/c1-10-5-4-6-12(18(20)26)17(10)23-14-7-16(21-8-13(14)19)22-15-9-25(3)24-11(15)2/h4-9H,1-3H3,(H2,20,26)(H2,21,22,23). The Morgan fingerprint density at radius 1 is 1.23 bits per heavy atom. The van der Waals surface area contributed by atoms with Gasteiger partial charge < -0.3 is 16.4 Å². The monoisotopic (exact) mass is 354 g/mol. The van der Waals surface area contributed by atoms with E-state index in [9.17, 15) is 9.18 Å². The van der Waals surface area contributed by atoms with Gasteiger partial charge in [0, 0.05) is 19.3 Å². The number of hydrogen-bond acceptors (Lipinski definition) is 5. The van der Waals surface area contributed by atoms with Gasteiger partial charge in [-0.1, -0.05) is 12.1 Å². The molecule has 0 atom stereocenters. The van der Waals surface area contributed by atoms with E-state index in [1.165, 1.54) is 6.07 Å². The zero-order chi connectivity index (χ0) is 18.8. The number of pyridine rings is 1. The van der Waals surface area contributed by atoms with E-state index in [-0.39, 0.29) is 5.69 Å². The maximum absolute atomic E-state index is 14.3. The number of primary amides is 1. The van der Waals surface area contributed by atoms with Crippen LogP contribution in [0.25, 0.3) is 0 Å². The number of aromatic nitrogens is 3. The van der Waals surface area contributed by atoms with Crippen molar-refractivity contribution >= 4 is 28.8 Å². The van der Waals surface area contributed by atoms with Crippen LogP contribution < -0.4 is 16.4 Å². The molecule has 0 radical (unpaired) electrons. The van der Waals surface area contributed by atoms with Crippen LogP contribution in [-0.4, -0.2) is 20.7 Å². The highest BCUT2D eigenvalue weighted by Gasteiger charge is 2.14. The molecular formula is C18H19FN6O. The number of nitrogens with zero attached hydrogens (tertiary/aromatic N) is 3. The van der Waals surface area contributed by atoms with Crippen molar-refractivity contribution < 1.29 is 9.18 Å². The molecule has 7 nitrogen and oxygen atoms in total. The molecule has 0 unspecified atom stereocenters. The van der Waals surface area contributed by atoms with Crippen LogP contribution in [0.2, 0.25) is 0 Å². The minimum atomic E-state index is -0.588. The molecule has 0 aliphatic heterocycles. The number of para-hydroxylation sites is 1. The van der Waals surface area contributed by atoms with Gasteiger partial charge in [0.15, 0.2) is 5.82 Å². The Kier molecular flexibility index (Phi) is 4.57. The number of carbonyl (C=O) groups is 1. The van der Waals surface area contributed by atoms with Crippen molar-refractivity contribution in [1.82, 2.24) is 14.8 Å². The lowest BCUT2D eigenvalue weighted by atomic mass is 10.1. The quantitative estimate of drug-likeness (QED) is 0.654. The minimum absolute atomic E-state index is 0.181. The summed E-state index contributed by atoms with van der Waals surface area (Å²) >= 11 is 0. The molecular weight excluding hydrogens is 335 g/mol. The summed E-state index contributed by atoms with van der Waals surface area (Å²) < 4.78 is 15.9. The average Bonchev–Trinajstić information content (AvgIpc) is 2.89. The summed E-state index contributed by atoms with van der Waals surface area (Å²) in [5.41, 5.74) is 8.70. The van der Waals surface area contributed by atoms with Gasteiger partial charge in [-0.15, -0.1) is 0 Å². The Morgan fingerprint density at radius 2 is 2.00 bits per heavy atom. The molecule has 4 N–H and O–H groups in total.